The van der Waals surface area contributed by atoms with Crippen molar-refractivity contribution in [1.82, 2.24) is 5.32 Å². The molecule has 0 spiro atoms. The lowest BCUT2D eigenvalue weighted by Crippen LogP contribution is -2.27. The van der Waals surface area contributed by atoms with Gasteiger partial charge in [0.2, 0.25) is 0 Å². The van der Waals surface area contributed by atoms with Gasteiger partial charge in [-0.2, -0.15) is 0 Å². The molecule has 1 aliphatic carbocycles. The Morgan fingerprint density at radius 1 is 1.05 bits per heavy atom. The van der Waals surface area contributed by atoms with Crippen molar-refractivity contribution in [2.24, 2.45) is 0 Å². The van der Waals surface area contributed by atoms with E-state index < -0.39 is 0 Å². The van der Waals surface area contributed by atoms with Gasteiger partial charge < -0.3 is 5.32 Å². The predicted molar refractivity (Wildman–Crippen MR) is 90.7 cm³/mol. The molecule has 0 radical (unpaired) electrons. The maximum Gasteiger partial charge on any atom is 0.0713 e. The smallest absolute Gasteiger partial charge is 0.0713 e. The quantitative estimate of drug-likeness (QED) is 0.582. The molecule has 0 bridgehead atoms. The summed E-state index contributed by atoms with van der Waals surface area (Å²) >= 11 is 18.1. The zero-order valence-corrected chi connectivity index (χ0v) is 13.7. The molecule has 110 valence electrons. The number of rotatable bonds is 5. The molecule has 1 N–H and O–H groups in total. The zero-order valence-electron chi connectivity index (χ0n) is 11.5. The van der Waals surface area contributed by atoms with Gasteiger partial charge in [-0.15, -0.1) is 11.6 Å². The molecule has 0 saturated heterocycles. The van der Waals surface area contributed by atoms with Crippen LogP contribution in [0.3, 0.4) is 0 Å². The molecule has 3 rings (SSSR count). The number of alkyl halides is 1. The van der Waals surface area contributed by atoms with Gasteiger partial charge in [0.25, 0.3) is 0 Å². The van der Waals surface area contributed by atoms with Crippen LogP contribution < -0.4 is 5.32 Å². The summed E-state index contributed by atoms with van der Waals surface area (Å²) in [6, 6.07) is 17.0. The van der Waals surface area contributed by atoms with E-state index in [9.17, 15) is 0 Å². The Hall–Kier alpha value is -0.730. The molecular formula is C17H16Cl3N. The van der Waals surface area contributed by atoms with Crippen LogP contribution in [-0.2, 0) is 5.41 Å². The maximum atomic E-state index is 6.20. The third-order valence-electron chi connectivity index (χ3n) is 4.31. The summed E-state index contributed by atoms with van der Waals surface area (Å²) in [6.07, 6.45) is 1.10. The van der Waals surface area contributed by atoms with Gasteiger partial charge in [0.05, 0.1) is 16.0 Å². The zero-order chi connectivity index (χ0) is 14.9. The Morgan fingerprint density at radius 3 is 2.48 bits per heavy atom. The number of hydrogen-bond donors (Lipinski definition) is 1. The fourth-order valence-electron chi connectivity index (χ4n) is 3.12. The molecule has 1 aliphatic rings. The van der Waals surface area contributed by atoms with Gasteiger partial charge in [0.15, 0.2) is 0 Å². The van der Waals surface area contributed by atoms with Gasteiger partial charge in [-0.1, -0.05) is 59.6 Å². The van der Waals surface area contributed by atoms with Gasteiger partial charge in [-0.05, 0) is 35.6 Å². The predicted octanol–water partition coefficient (Wildman–Crippen LogP) is 5.20. The Kier molecular flexibility index (Phi) is 4.46. The maximum absolute atomic E-state index is 6.20. The van der Waals surface area contributed by atoms with E-state index >= 15 is 0 Å². The van der Waals surface area contributed by atoms with Crippen molar-refractivity contribution in [2.45, 2.75) is 17.8 Å². The fraction of sp³-hybridized carbons (Fsp3) is 0.294. The molecule has 1 fully saturated rings. The van der Waals surface area contributed by atoms with E-state index in [2.05, 4.69) is 35.6 Å². The lowest BCUT2D eigenvalue weighted by molar-refractivity contribution is 0.596. The van der Waals surface area contributed by atoms with Crippen molar-refractivity contribution in [3.05, 3.63) is 69.7 Å². The summed E-state index contributed by atoms with van der Waals surface area (Å²) in [5.74, 6) is 0.492. The summed E-state index contributed by atoms with van der Waals surface area (Å²) in [5, 5.41) is 4.48. The first-order chi connectivity index (χ1) is 10.2. The molecule has 21 heavy (non-hydrogen) atoms. The van der Waals surface area contributed by atoms with Gasteiger partial charge in [-0.3, -0.25) is 0 Å². The minimum Gasteiger partial charge on any atom is -0.303 e. The second-order valence-electron chi connectivity index (χ2n) is 5.51. The standard InChI is InChI=1S/C17H16Cl3N/c18-11-21-10-17(13-6-7-15(19)16(20)8-13)9-14(17)12-4-2-1-3-5-12/h1-8,14,21H,9-11H2/t14-,17-/m0/s1. The minimum atomic E-state index is 0.0600. The highest BCUT2D eigenvalue weighted by Gasteiger charge is 2.55. The van der Waals surface area contributed by atoms with Crippen molar-refractivity contribution < 1.29 is 0 Å². The SMILES string of the molecule is ClCNC[C@]1(c2ccc(Cl)c(Cl)c2)C[C@H]1c1ccccc1. The summed E-state index contributed by atoms with van der Waals surface area (Å²) in [7, 11) is 0. The highest BCUT2D eigenvalue weighted by atomic mass is 35.5. The van der Waals surface area contributed by atoms with Crippen LogP contribution in [0.25, 0.3) is 0 Å². The Morgan fingerprint density at radius 2 is 1.81 bits per heavy atom. The van der Waals surface area contributed by atoms with Crippen LogP contribution in [0.5, 0.6) is 0 Å². The van der Waals surface area contributed by atoms with Crippen LogP contribution in [0.2, 0.25) is 10.0 Å². The average molecular weight is 341 g/mol. The van der Waals surface area contributed by atoms with Gasteiger partial charge >= 0.3 is 0 Å². The van der Waals surface area contributed by atoms with E-state index in [1.165, 1.54) is 11.1 Å². The summed E-state index contributed by atoms with van der Waals surface area (Å²) in [4.78, 5) is 0. The van der Waals surface area contributed by atoms with Crippen LogP contribution in [0.4, 0.5) is 0 Å². The second-order valence-corrected chi connectivity index (χ2v) is 6.59. The van der Waals surface area contributed by atoms with Crippen molar-refractivity contribution in [3.8, 4) is 0 Å². The van der Waals surface area contributed by atoms with Crippen molar-refractivity contribution in [3.63, 3.8) is 0 Å². The topological polar surface area (TPSA) is 12.0 Å². The van der Waals surface area contributed by atoms with Gasteiger partial charge in [0.1, 0.15) is 0 Å². The first-order valence-corrected chi connectivity index (χ1v) is 8.23. The lowest BCUT2D eigenvalue weighted by atomic mass is 9.90. The third kappa shape index (κ3) is 2.93. The van der Waals surface area contributed by atoms with E-state index in [0.29, 0.717) is 22.0 Å². The van der Waals surface area contributed by atoms with Crippen molar-refractivity contribution >= 4 is 34.8 Å². The first-order valence-electron chi connectivity index (χ1n) is 6.94. The number of hydrogen-bond acceptors (Lipinski definition) is 1. The monoisotopic (exact) mass is 339 g/mol. The van der Waals surface area contributed by atoms with Gasteiger partial charge in [0, 0.05) is 12.0 Å². The Bertz CT molecular complexity index is 629. The molecular weight excluding hydrogens is 325 g/mol. The van der Waals surface area contributed by atoms with E-state index in [1.807, 2.05) is 18.2 Å². The molecule has 0 aliphatic heterocycles. The van der Waals surface area contributed by atoms with Crippen LogP contribution >= 0.6 is 34.8 Å². The molecule has 2 atom stereocenters. The molecule has 2 aromatic carbocycles. The fourth-order valence-corrected chi connectivity index (χ4v) is 3.51. The minimum absolute atomic E-state index is 0.0600. The summed E-state index contributed by atoms with van der Waals surface area (Å²) in [6.45, 7) is 0.841. The summed E-state index contributed by atoms with van der Waals surface area (Å²) < 4.78 is 0. The average Bonchev–Trinajstić information content (AvgIpc) is 3.25. The third-order valence-corrected chi connectivity index (χ3v) is 5.23. The van der Waals surface area contributed by atoms with Crippen LogP contribution in [0.1, 0.15) is 23.5 Å². The number of halogens is 3. The van der Waals surface area contributed by atoms with Crippen LogP contribution in [0, 0.1) is 0 Å². The highest BCUT2D eigenvalue weighted by molar-refractivity contribution is 6.42. The largest absolute Gasteiger partial charge is 0.303 e. The second kappa shape index (κ2) is 6.18. The van der Waals surface area contributed by atoms with E-state index in [-0.39, 0.29) is 5.41 Å². The molecule has 4 heteroatoms. The normalized spacial score (nSPS) is 24.0. The van der Waals surface area contributed by atoms with Crippen LogP contribution in [0.15, 0.2) is 48.5 Å². The van der Waals surface area contributed by atoms with Crippen molar-refractivity contribution in [2.75, 3.05) is 12.5 Å². The molecule has 0 aromatic heterocycles. The number of nitrogens with one attached hydrogen (secondary N) is 1. The highest BCUT2D eigenvalue weighted by Crippen LogP contribution is 2.60. The first kappa shape index (κ1) is 15.2. The molecule has 0 heterocycles. The number of benzene rings is 2. The Labute approximate surface area is 140 Å². The molecule has 2 aromatic rings. The van der Waals surface area contributed by atoms with E-state index in [0.717, 1.165) is 13.0 Å². The molecule has 0 amide bonds. The van der Waals surface area contributed by atoms with Gasteiger partial charge in [-0.25, -0.2) is 0 Å². The molecule has 1 nitrogen and oxygen atoms in total. The lowest BCUT2D eigenvalue weighted by Gasteiger charge is -2.19. The Balaban J connectivity index is 1.94. The molecule has 1 saturated carbocycles. The molecule has 0 unspecified atom stereocenters. The van der Waals surface area contributed by atoms with E-state index in [4.69, 9.17) is 34.8 Å². The van der Waals surface area contributed by atoms with Crippen molar-refractivity contribution in [1.29, 1.82) is 0 Å². The van der Waals surface area contributed by atoms with E-state index in [1.54, 1.807) is 0 Å². The van der Waals surface area contributed by atoms with Crippen LogP contribution in [-0.4, -0.2) is 12.5 Å². The summed E-state index contributed by atoms with van der Waals surface area (Å²) in [5.41, 5.74) is 2.65.